The van der Waals surface area contributed by atoms with Gasteiger partial charge < -0.3 is 21.5 Å². The Bertz CT molecular complexity index is 544. The number of rotatable bonds is 3. The van der Waals surface area contributed by atoms with Gasteiger partial charge in [0.05, 0.1) is 22.9 Å². The summed E-state index contributed by atoms with van der Waals surface area (Å²) in [6.07, 6.45) is 1.50. The Morgan fingerprint density at radius 2 is 2.05 bits per heavy atom. The fraction of sp³-hybridized carbons (Fsp3) is 0.429. The molecule has 1 fully saturated rings. The first-order valence-electron chi connectivity index (χ1n) is 6.59. The summed E-state index contributed by atoms with van der Waals surface area (Å²) in [6, 6.07) is 4.92. The number of para-hydroxylation sites is 1. The van der Waals surface area contributed by atoms with E-state index in [1.54, 1.807) is 12.1 Å². The molecular weight excluding hydrogens is 258 g/mol. The quantitative estimate of drug-likeness (QED) is 0.715. The van der Waals surface area contributed by atoms with Crippen molar-refractivity contribution in [1.29, 1.82) is 0 Å². The zero-order chi connectivity index (χ0) is 14.9. The normalized spacial score (nSPS) is 22.6. The van der Waals surface area contributed by atoms with Gasteiger partial charge in [0.25, 0.3) is 0 Å². The molecule has 1 heterocycles. The average molecular weight is 277 g/mol. The van der Waals surface area contributed by atoms with Gasteiger partial charge in [0.15, 0.2) is 0 Å². The summed E-state index contributed by atoms with van der Waals surface area (Å²) >= 11 is 0. The van der Waals surface area contributed by atoms with Crippen molar-refractivity contribution in [3.8, 4) is 0 Å². The van der Waals surface area contributed by atoms with E-state index >= 15 is 0 Å². The third kappa shape index (κ3) is 2.54. The molecule has 2 unspecified atom stereocenters. The Morgan fingerprint density at radius 3 is 2.65 bits per heavy atom. The molecule has 1 aliphatic rings. The smallest absolute Gasteiger partial charge is 0.337 e. The highest BCUT2D eigenvalue weighted by Crippen LogP contribution is 2.34. The summed E-state index contributed by atoms with van der Waals surface area (Å²) < 4.78 is 0. The Kier molecular flexibility index (Phi) is 3.83. The van der Waals surface area contributed by atoms with Crippen molar-refractivity contribution in [3.05, 3.63) is 23.8 Å². The van der Waals surface area contributed by atoms with Crippen molar-refractivity contribution < 1.29 is 14.7 Å². The molecular formula is C14H19N3O3. The fourth-order valence-electron chi connectivity index (χ4n) is 2.71. The highest BCUT2D eigenvalue weighted by molar-refractivity contribution is 5.98. The Morgan fingerprint density at radius 1 is 1.35 bits per heavy atom. The lowest BCUT2D eigenvalue weighted by atomic mass is 9.91. The third-order valence-electron chi connectivity index (χ3n) is 3.87. The lowest BCUT2D eigenvalue weighted by Crippen LogP contribution is -2.46. The largest absolute Gasteiger partial charge is 0.478 e. The molecule has 1 saturated heterocycles. The number of carboxylic acid groups (broad SMARTS) is 1. The third-order valence-corrected chi connectivity index (χ3v) is 3.87. The van der Waals surface area contributed by atoms with Gasteiger partial charge in [0.1, 0.15) is 0 Å². The second-order valence-corrected chi connectivity index (χ2v) is 5.23. The SMILES string of the molecule is CC1CCC(C(N)=O)CN1c1c(N)cccc1C(=O)O. The van der Waals surface area contributed by atoms with Crippen LogP contribution < -0.4 is 16.4 Å². The van der Waals surface area contributed by atoms with E-state index in [0.717, 1.165) is 12.8 Å². The van der Waals surface area contributed by atoms with E-state index in [2.05, 4.69) is 0 Å². The van der Waals surface area contributed by atoms with Crippen molar-refractivity contribution in [2.45, 2.75) is 25.8 Å². The molecule has 1 aromatic carbocycles. The number of nitrogens with two attached hydrogens (primary N) is 2. The molecule has 20 heavy (non-hydrogen) atoms. The van der Waals surface area contributed by atoms with Gasteiger partial charge in [0.2, 0.25) is 5.91 Å². The predicted molar refractivity (Wildman–Crippen MR) is 76.5 cm³/mol. The number of benzene rings is 1. The summed E-state index contributed by atoms with van der Waals surface area (Å²) in [5.41, 5.74) is 12.4. The minimum absolute atomic E-state index is 0.119. The summed E-state index contributed by atoms with van der Waals surface area (Å²) in [5, 5.41) is 9.31. The van der Waals surface area contributed by atoms with Crippen molar-refractivity contribution in [2.24, 2.45) is 11.7 Å². The zero-order valence-corrected chi connectivity index (χ0v) is 11.4. The van der Waals surface area contributed by atoms with E-state index in [0.29, 0.717) is 17.9 Å². The first kappa shape index (κ1) is 14.2. The van der Waals surface area contributed by atoms with Crippen LogP contribution in [0.25, 0.3) is 0 Å². The topological polar surface area (TPSA) is 110 Å². The van der Waals surface area contributed by atoms with Gasteiger partial charge in [-0.05, 0) is 31.9 Å². The zero-order valence-electron chi connectivity index (χ0n) is 11.4. The molecule has 0 aromatic heterocycles. The van der Waals surface area contributed by atoms with E-state index in [1.807, 2.05) is 11.8 Å². The Hall–Kier alpha value is -2.24. The van der Waals surface area contributed by atoms with Crippen molar-refractivity contribution in [1.82, 2.24) is 0 Å². The van der Waals surface area contributed by atoms with Crippen LogP contribution in [-0.2, 0) is 4.79 Å². The number of hydrogen-bond acceptors (Lipinski definition) is 4. The Balaban J connectivity index is 2.43. The monoisotopic (exact) mass is 277 g/mol. The van der Waals surface area contributed by atoms with E-state index in [4.69, 9.17) is 11.5 Å². The second-order valence-electron chi connectivity index (χ2n) is 5.23. The van der Waals surface area contributed by atoms with E-state index < -0.39 is 5.97 Å². The van der Waals surface area contributed by atoms with Crippen LogP contribution in [0.3, 0.4) is 0 Å². The number of piperidine rings is 1. The first-order valence-corrected chi connectivity index (χ1v) is 6.59. The van der Waals surface area contributed by atoms with Crippen LogP contribution >= 0.6 is 0 Å². The summed E-state index contributed by atoms with van der Waals surface area (Å²) in [4.78, 5) is 24.6. The van der Waals surface area contributed by atoms with Crippen LogP contribution in [-0.4, -0.2) is 29.6 Å². The van der Waals surface area contributed by atoms with Gasteiger partial charge in [-0.15, -0.1) is 0 Å². The fourth-order valence-corrected chi connectivity index (χ4v) is 2.71. The lowest BCUT2D eigenvalue weighted by Gasteiger charge is -2.39. The standard InChI is InChI=1S/C14H19N3O3/c1-8-5-6-9(13(16)18)7-17(8)12-10(14(19)20)3-2-4-11(12)15/h2-4,8-9H,5-7,15H2,1H3,(H2,16,18)(H,19,20). The molecule has 6 heteroatoms. The van der Waals surface area contributed by atoms with Crippen molar-refractivity contribution >= 4 is 23.3 Å². The van der Waals surface area contributed by atoms with E-state index in [9.17, 15) is 14.7 Å². The number of carbonyl (C=O) groups excluding carboxylic acids is 1. The molecule has 2 rings (SSSR count). The van der Waals surface area contributed by atoms with Gasteiger partial charge in [-0.25, -0.2) is 4.79 Å². The van der Waals surface area contributed by atoms with Crippen LogP contribution in [0.1, 0.15) is 30.1 Å². The number of nitrogens with zero attached hydrogens (tertiary/aromatic N) is 1. The molecule has 0 aliphatic carbocycles. The van der Waals surface area contributed by atoms with Crippen molar-refractivity contribution in [2.75, 3.05) is 17.2 Å². The second kappa shape index (κ2) is 5.40. The molecule has 0 spiro atoms. The van der Waals surface area contributed by atoms with Crippen LogP contribution in [0, 0.1) is 5.92 Å². The number of primary amides is 1. The number of carbonyl (C=O) groups is 2. The summed E-state index contributed by atoms with van der Waals surface area (Å²) in [7, 11) is 0. The summed E-state index contributed by atoms with van der Waals surface area (Å²) in [5.74, 6) is -1.65. The summed E-state index contributed by atoms with van der Waals surface area (Å²) in [6.45, 7) is 2.40. The minimum atomic E-state index is -1.03. The molecule has 0 radical (unpaired) electrons. The molecule has 5 N–H and O–H groups in total. The molecule has 1 amide bonds. The number of carboxylic acids is 1. The molecule has 108 valence electrons. The lowest BCUT2D eigenvalue weighted by molar-refractivity contribution is -0.122. The number of aromatic carboxylic acids is 1. The molecule has 1 aromatic rings. The maximum absolute atomic E-state index is 11.4. The number of hydrogen-bond donors (Lipinski definition) is 3. The van der Waals surface area contributed by atoms with Crippen LogP contribution in [0.4, 0.5) is 11.4 Å². The van der Waals surface area contributed by atoms with Crippen LogP contribution in [0.15, 0.2) is 18.2 Å². The van der Waals surface area contributed by atoms with Crippen LogP contribution in [0.2, 0.25) is 0 Å². The highest BCUT2D eigenvalue weighted by Gasteiger charge is 2.31. The van der Waals surface area contributed by atoms with Gasteiger partial charge in [-0.1, -0.05) is 6.07 Å². The first-order chi connectivity index (χ1) is 9.41. The molecule has 0 bridgehead atoms. The maximum atomic E-state index is 11.4. The van der Waals surface area contributed by atoms with Gasteiger partial charge in [0, 0.05) is 12.6 Å². The van der Waals surface area contributed by atoms with Crippen molar-refractivity contribution in [3.63, 3.8) is 0 Å². The minimum Gasteiger partial charge on any atom is -0.478 e. The molecule has 2 atom stereocenters. The molecule has 0 saturated carbocycles. The number of nitrogen functional groups attached to an aromatic ring is 1. The number of amides is 1. The molecule has 1 aliphatic heterocycles. The molecule has 6 nitrogen and oxygen atoms in total. The van der Waals surface area contributed by atoms with E-state index in [-0.39, 0.29) is 23.4 Å². The van der Waals surface area contributed by atoms with Crippen LogP contribution in [0.5, 0.6) is 0 Å². The maximum Gasteiger partial charge on any atom is 0.337 e. The van der Waals surface area contributed by atoms with Gasteiger partial charge >= 0.3 is 5.97 Å². The van der Waals surface area contributed by atoms with E-state index in [1.165, 1.54) is 6.07 Å². The highest BCUT2D eigenvalue weighted by atomic mass is 16.4. The van der Waals surface area contributed by atoms with Gasteiger partial charge in [-0.2, -0.15) is 0 Å². The number of anilines is 2. The Labute approximate surface area is 117 Å². The van der Waals surface area contributed by atoms with Gasteiger partial charge in [-0.3, -0.25) is 4.79 Å². The predicted octanol–water partition coefficient (Wildman–Crippen LogP) is 1.06. The average Bonchev–Trinajstić information content (AvgIpc) is 2.39.